The van der Waals surface area contributed by atoms with Crippen LogP contribution in [0.25, 0.3) is 0 Å². The number of rotatable bonds is 8. The Hall–Kier alpha value is -2.33. The molecule has 0 bridgehead atoms. The Morgan fingerprint density at radius 3 is 2.32 bits per heavy atom. The van der Waals surface area contributed by atoms with Crippen LogP contribution in [0.15, 0.2) is 53.5 Å². The average Bonchev–Trinajstić information content (AvgIpc) is 2.75. The molecule has 3 N–H and O–H groups in total. The zero-order chi connectivity index (χ0) is 21.9. The van der Waals surface area contributed by atoms with Gasteiger partial charge >= 0.3 is 0 Å². The lowest BCUT2D eigenvalue weighted by atomic mass is 10.1. The summed E-state index contributed by atoms with van der Waals surface area (Å²) in [6.45, 7) is 1.60. The lowest BCUT2D eigenvalue weighted by molar-refractivity contribution is 0.0827. The second kappa shape index (κ2) is 13.9. The zero-order valence-corrected chi connectivity index (χ0v) is 21.0. The number of nitrogens with one attached hydrogen (secondary N) is 3. The number of halogens is 2. The first-order valence-electron chi connectivity index (χ1n) is 9.70. The minimum absolute atomic E-state index is 0. The van der Waals surface area contributed by atoms with Crippen molar-refractivity contribution in [2.75, 3.05) is 40.8 Å². The summed E-state index contributed by atoms with van der Waals surface area (Å²) in [5.41, 5.74) is 2.20. The second-order valence-electron chi connectivity index (χ2n) is 6.81. The molecule has 0 aliphatic rings. The van der Waals surface area contributed by atoms with Crippen LogP contribution in [0.3, 0.4) is 0 Å². The van der Waals surface area contributed by atoms with Gasteiger partial charge in [-0.05, 0) is 36.2 Å². The van der Waals surface area contributed by atoms with Gasteiger partial charge in [-0.15, -0.1) is 24.0 Å². The summed E-state index contributed by atoms with van der Waals surface area (Å²) >= 11 is 6.03. The van der Waals surface area contributed by atoms with Gasteiger partial charge in [-0.3, -0.25) is 14.6 Å². The Labute approximate surface area is 205 Å². The van der Waals surface area contributed by atoms with Gasteiger partial charge in [0.25, 0.3) is 11.8 Å². The van der Waals surface area contributed by atoms with Crippen LogP contribution >= 0.6 is 35.6 Å². The van der Waals surface area contributed by atoms with Crippen LogP contribution in [-0.2, 0) is 6.42 Å². The van der Waals surface area contributed by atoms with Crippen molar-refractivity contribution in [3.63, 3.8) is 0 Å². The van der Waals surface area contributed by atoms with Crippen molar-refractivity contribution in [3.05, 3.63) is 70.2 Å². The number of amides is 2. The van der Waals surface area contributed by atoms with Gasteiger partial charge < -0.3 is 20.9 Å². The lowest BCUT2D eigenvalue weighted by Gasteiger charge is -2.13. The first kappa shape index (κ1) is 26.7. The molecule has 31 heavy (non-hydrogen) atoms. The summed E-state index contributed by atoms with van der Waals surface area (Å²) in [6, 6.07) is 14.5. The molecule has 7 nitrogen and oxygen atoms in total. The van der Waals surface area contributed by atoms with E-state index in [0.29, 0.717) is 41.7 Å². The van der Waals surface area contributed by atoms with E-state index in [1.807, 2.05) is 24.3 Å². The first-order chi connectivity index (χ1) is 14.4. The highest BCUT2D eigenvalue weighted by molar-refractivity contribution is 14.0. The third kappa shape index (κ3) is 8.74. The molecule has 2 amide bonds. The zero-order valence-electron chi connectivity index (χ0n) is 17.9. The van der Waals surface area contributed by atoms with Crippen LogP contribution in [0.5, 0.6) is 0 Å². The monoisotopic (exact) mass is 557 g/mol. The summed E-state index contributed by atoms with van der Waals surface area (Å²) < 4.78 is 0. The van der Waals surface area contributed by atoms with Crippen LogP contribution < -0.4 is 16.0 Å². The van der Waals surface area contributed by atoms with Crippen molar-refractivity contribution in [2.24, 2.45) is 4.99 Å². The summed E-state index contributed by atoms with van der Waals surface area (Å²) in [5, 5.41) is 9.63. The number of guanidine groups is 1. The number of carbonyl (C=O) groups is 2. The molecular weight excluding hydrogens is 529 g/mol. The molecule has 0 aromatic heterocycles. The Morgan fingerprint density at radius 2 is 1.65 bits per heavy atom. The minimum Gasteiger partial charge on any atom is -0.356 e. The van der Waals surface area contributed by atoms with E-state index in [1.165, 1.54) is 0 Å². The molecule has 0 fully saturated rings. The highest BCUT2D eigenvalue weighted by atomic mass is 127. The Balaban J connectivity index is 0.00000480. The van der Waals surface area contributed by atoms with Crippen LogP contribution in [0.1, 0.15) is 26.3 Å². The quantitative estimate of drug-likeness (QED) is 0.202. The molecule has 9 heteroatoms. The fourth-order valence-electron chi connectivity index (χ4n) is 2.76. The largest absolute Gasteiger partial charge is 0.356 e. The topological polar surface area (TPSA) is 85.8 Å². The predicted molar refractivity (Wildman–Crippen MR) is 137 cm³/mol. The van der Waals surface area contributed by atoms with Gasteiger partial charge in [-0.2, -0.15) is 0 Å². The molecule has 0 spiro atoms. The van der Waals surface area contributed by atoms with Crippen molar-refractivity contribution in [1.29, 1.82) is 0 Å². The third-order valence-corrected chi connectivity index (χ3v) is 4.66. The van der Waals surface area contributed by atoms with E-state index >= 15 is 0 Å². The van der Waals surface area contributed by atoms with Crippen molar-refractivity contribution in [3.8, 4) is 0 Å². The number of hydrogen-bond acceptors (Lipinski definition) is 3. The molecule has 0 unspecified atom stereocenters. The molecule has 168 valence electrons. The predicted octanol–water partition coefficient (Wildman–Crippen LogP) is 2.80. The maximum atomic E-state index is 12.1. The van der Waals surface area contributed by atoms with E-state index in [1.54, 1.807) is 50.3 Å². The van der Waals surface area contributed by atoms with Crippen LogP contribution in [0.4, 0.5) is 0 Å². The van der Waals surface area contributed by atoms with E-state index in [0.717, 1.165) is 12.0 Å². The summed E-state index contributed by atoms with van der Waals surface area (Å²) in [4.78, 5) is 29.9. The van der Waals surface area contributed by atoms with E-state index in [4.69, 9.17) is 11.6 Å². The van der Waals surface area contributed by atoms with Crippen LogP contribution in [-0.4, -0.2) is 63.5 Å². The molecule has 2 aromatic carbocycles. The molecule has 0 radical (unpaired) electrons. The Bertz CT molecular complexity index is 905. The van der Waals surface area contributed by atoms with Gasteiger partial charge in [0.1, 0.15) is 0 Å². The van der Waals surface area contributed by atoms with Crippen molar-refractivity contribution in [1.82, 2.24) is 20.9 Å². The minimum atomic E-state index is -0.211. The van der Waals surface area contributed by atoms with Crippen LogP contribution in [0.2, 0.25) is 5.02 Å². The molecule has 0 saturated heterocycles. The molecule has 0 saturated carbocycles. The van der Waals surface area contributed by atoms with E-state index in [2.05, 4.69) is 20.9 Å². The normalized spacial score (nSPS) is 10.6. The van der Waals surface area contributed by atoms with Gasteiger partial charge in [0.05, 0.1) is 10.6 Å². The van der Waals surface area contributed by atoms with Crippen molar-refractivity contribution >= 4 is 53.4 Å². The number of hydrogen-bond donors (Lipinski definition) is 3. The Kier molecular flexibility index (Phi) is 11.9. The molecular formula is C22H29ClIN5O2. The molecule has 0 atom stereocenters. The highest BCUT2D eigenvalue weighted by Gasteiger charge is 2.09. The number of nitrogens with zero attached hydrogens (tertiary/aromatic N) is 2. The van der Waals surface area contributed by atoms with Gasteiger partial charge in [-0.25, -0.2) is 0 Å². The molecule has 0 aliphatic carbocycles. The van der Waals surface area contributed by atoms with E-state index in [9.17, 15) is 9.59 Å². The van der Waals surface area contributed by atoms with Crippen molar-refractivity contribution in [2.45, 2.75) is 6.42 Å². The molecule has 2 rings (SSSR count). The highest BCUT2D eigenvalue weighted by Crippen LogP contribution is 2.14. The third-order valence-electron chi connectivity index (χ3n) is 4.33. The van der Waals surface area contributed by atoms with Gasteiger partial charge in [0.2, 0.25) is 0 Å². The fourth-order valence-corrected chi connectivity index (χ4v) is 2.98. The molecule has 0 heterocycles. The van der Waals surface area contributed by atoms with Crippen molar-refractivity contribution < 1.29 is 9.59 Å². The number of carbonyl (C=O) groups excluding carboxylic acids is 2. The van der Waals surface area contributed by atoms with E-state index < -0.39 is 0 Å². The van der Waals surface area contributed by atoms with Crippen LogP contribution in [0, 0.1) is 0 Å². The summed E-state index contributed by atoms with van der Waals surface area (Å²) in [5.74, 6) is 0.418. The first-order valence-corrected chi connectivity index (χ1v) is 10.1. The van der Waals surface area contributed by atoms with E-state index in [-0.39, 0.29) is 35.8 Å². The second-order valence-corrected chi connectivity index (χ2v) is 7.22. The SMILES string of the molecule is CN=C(NCCNC(=O)c1ccccc1Cl)NCCc1cccc(C(=O)N(C)C)c1.I. The van der Waals surface area contributed by atoms with Gasteiger partial charge in [0, 0.05) is 46.3 Å². The summed E-state index contributed by atoms with van der Waals surface area (Å²) in [7, 11) is 5.17. The maximum Gasteiger partial charge on any atom is 0.253 e. The van der Waals surface area contributed by atoms with Gasteiger partial charge in [-0.1, -0.05) is 35.9 Å². The molecule has 0 aliphatic heterocycles. The lowest BCUT2D eigenvalue weighted by Crippen LogP contribution is -2.42. The number of benzene rings is 2. The standard InChI is InChI=1S/C22H28ClN5O2.HI/c1-24-22(27-14-13-25-20(29)18-9-4-5-10-19(18)23)26-12-11-16-7-6-8-17(15-16)21(30)28(2)3;/h4-10,15H,11-14H2,1-3H3,(H,25,29)(H2,24,26,27);1H. The average molecular weight is 558 g/mol. The molecule has 2 aromatic rings. The smallest absolute Gasteiger partial charge is 0.253 e. The maximum absolute atomic E-state index is 12.1. The summed E-state index contributed by atoms with van der Waals surface area (Å²) in [6.07, 6.45) is 0.749. The number of aliphatic imine (C=N–C) groups is 1. The fraction of sp³-hybridized carbons (Fsp3) is 0.318. The van der Waals surface area contributed by atoms with Gasteiger partial charge in [0.15, 0.2) is 5.96 Å². The Morgan fingerprint density at radius 1 is 0.968 bits per heavy atom.